The van der Waals surface area contributed by atoms with Crippen molar-refractivity contribution in [2.24, 2.45) is 11.3 Å². The van der Waals surface area contributed by atoms with Crippen molar-refractivity contribution in [3.8, 4) is 0 Å². The van der Waals surface area contributed by atoms with Crippen molar-refractivity contribution in [2.45, 2.75) is 46.3 Å². The standard InChI is InChI=1S/C13H22N2O3/c1-5-18-10-6-9(13(10,3)4)15-7-8(2)11(16)14-12(15)17/h8-10H,5-7H2,1-4H3,(H,14,16,17). The summed E-state index contributed by atoms with van der Waals surface area (Å²) in [6.07, 6.45) is 1.06. The van der Waals surface area contributed by atoms with Crippen LogP contribution >= 0.6 is 0 Å². The van der Waals surface area contributed by atoms with Gasteiger partial charge in [0.1, 0.15) is 0 Å². The largest absolute Gasteiger partial charge is 0.378 e. The fraction of sp³-hybridized carbons (Fsp3) is 0.846. The number of ether oxygens (including phenoxy) is 1. The number of nitrogens with one attached hydrogen (secondary N) is 1. The minimum Gasteiger partial charge on any atom is -0.378 e. The molecule has 102 valence electrons. The van der Waals surface area contributed by atoms with Gasteiger partial charge in [-0.1, -0.05) is 20.8 Å². The van der Waals surface area contributed by atoms with Crippen LogP contribution in [-0.2, 0) is 9.53 Å². The maximum Gasteiger partial charge on any atom is 0.324 e. The highest BCUT2D eigenvalue weighted by Gasteiger charge is 2.53. The minimum absolute atomic E-state index is 0.0482. The topological polar surface area (TPSA) is 58.6 Å². The van der Waals surface area contributed by atoms with Crippen LogP contribution in [0.15, 0.2) is 0 Å². The number of urea groups is 1. The van der Waals surface area contributed by atoms with Crippen molar-refractivity contribution in [1.82, 2.24) is 10.2 Å². The molecule has 5 nitrogen and oxygen atoms in total. The zero-order valence-electron chi connectivity index (χ0n) is 11.5. The predicted octanol–water partition coefficient (Wildman–Crippen LogP) is 1.38. The Bertz CT molecular complexity index is 367. The molecular formula is C13H22N2O3. The van der Waals surface area contributed by atoms with E-state index < -0.39 is 0 Å². The van der Waals surface area contributed by atoms with E-state index in [1.165, 1.54) is 0 Å². The predicted molar refractivity (Wildman–Crippen MR) is 67.0 cm³/mol. The Morgan fingerprint density at radius 3 is 2.67 bits per heavy atom. The van der Waals surface area contributed by atoms with E-state index >= 15 is 0 Å². The van der Waals surface area contributed by atoms with Crippen molar-refractivity contribution in [3.63, 3.8) is 0 Å². The van der Waals surface area contributed by atoms with Crippen molar-refractivity contribution >= 4 is 11.9 Å². The Labute approximate surface area is 108 Å². The SMILES string of the molecule is CCOC1CC(N2CC(C)C(=O)NC2=O)C1(C)C. The molecule has 0 spiro atoms. The van der Waals surface area contributed by atoms with Crippen molar-refractivity contribution in [1.29, 1.82) is 0 Å². The maximum atomic E-state index is 11.9. The molecule has 0 aromatic rings. The van der Waals surface area contributed by atoms with E-state index in [0.717, 1.165) is 6.42 Å². The Balaban J connectivity index is 2.05. The molecule has 1 heterocycles. The summed E-state index contributed by atoms with van der Waals surface area (Å²) in [5.74, 6) is -0.306. The van der Waals surface area contributed by atoms with Gasteiger partial charge in [-0.3, -0.25) is 10.1 Å². The summed E-state index contributed by atoms with van der Waals surface area (Å²) < 4.78 is 5.67. The first kappa shape index (κ1) is 13.3. The molecule has 3 amide bonds. The summed E-state index contributed by atoms with van der Waals surface area (Å²) in [4.78, 5) is 25.1. The molecule has 0 radical (unpaired) electrons. The second kappa shape index (κ2) is 4.53. The Kier molecular flexibility index (Phi) is 3.36. The Morgan fingerprint density at radius 2 is 2.11 bits per heavy atom. The molecule has 1 saturated heterocycles. The van der Waals surface area contributed by atoms with Crippen LogP contribution < -0.4 is 5.32 Å². The molecule has 3 unspecified atom stereocenters. The first-order valence-corrected chi connectivity index (χ1v) is 6.61. The molecule has 1 aliphatic heterocycles. The molecule has 0 aromatic heterocycles. The summed E-state index contributed by atoms with van der Waals surface area (Å²) in [6, 6.07) is -0.101. The van der Waals surface area contributed by atoms with Crippen LogP contribution in [0.3, 0.4) is 0 Å². The average molecular weight is 254 g/mol. The lowest BCUT2D eigenvalue weighted by molar-refractivity contribution is -0.147. The molecule has 2 fully saturated rings. The number of carbonyl (C=O) groups is 2. The fourth-order valence-corrected chi connectivity index (χ4v) is 2.91. The molecule has 18 heavy (non-hydrogen) atoms. The lowest BCUT2D eigenvalue weighted by atomic mass is 9.63. The van der Waals surface area contributed by atoms with Crippen LogP contribution in [0.4, 0.5) is 4.79 Å². The normalized spacial score (nSPS) is 35.1. The third-order valence-corrected chi connectivity index (χ3v) is 4.28. The average Bonchev–Trinajstić information content (AvgIpc) is 2.30. The van der Waals surface area contributed by atoms with Gasteiger partial charge in [0.15, 0.2) is 0 Å². The van der Waals surface area contributed by atoms with Gasteiger partial charge in [-0.2, -0.15) is 0 Å². The first-order valence-electron chi connectivity index (χ1n) is 6.61. The fourth-order valence-electron chi connectivity index (χ4n) is 2.91. The Hall–Kier alpha value is -1.10. The molecule has 5 heteroatoms. The lowest BCUT2D eigenvalue weighted by Crippen LogP contribution is -2.68. The molecular weight excluding hydrogens is 232 g/mol. The summed E-state index contributed by atoms with van der Waals surface area (Å²) >= 11 is 0. The second-order valence-corrected chi connectivity index (χ2v) is 5.86. The van der Waals surface area contributed by atoms with Gasteiger partial charge in [0.2, 0.25) is 5.91 Å². The second-order valence-electron chi connectivity index (χ2n) is 5.86. The molecule has 0 bridgehead atoms. The van der Waals surface area contributed by atoms with Crippen molar-refractivity contribution < 1.29 is 14.3 Å². The zero-order chi connectivity index (χ0) is 13.5. The molecule has 0 aromatic carbocycles. The lowest BCUT2D eigenvalue weighted by Gasteiger charge is -2.56. The van der Waals surface area contributed by atoms with Crippen LogP contribution in [0.5, 0.6) is 0 Å². The molecule has 1 N–H and O–H groups in total. The summed E-state index contributed by atoms with van der Waals surface area (Å²) in [7, 11) is 0. The molecule has 1 saturated carbocycles. The highest BCUT2D eigenvalue weighted by Crippen LogP contribution is 2.46. The van der Waals surface area contributed by atoms with Gasteiger partial charge in [-0.05, 0) is 13.3 Å². The van der Waals surface area contributed by atoms with Gasteiger partial charge >= 0.3 is 6.03 Å². The van der Waals surface area contributed by atoms with Crippen LogP contribution in [0.2, 0.25) is 0 Å². The van der Waals surface area contributed by atoms with Gasteiger partial charge in [0.25, 0.3) is 0 Å². The van der Waals surface area contributed by atoms with E-state index in [1.54, 1.807) is 4.90 Å². The summed E-state index contributed by atoms with van der Waals surface area (Å²) in [5, 5.41) is 2.42. The highest BCUT2D eigenvalue weighted by molar-refractivity contribution is 5.98. The zero-order valence-corrected chi connectivity index (χ0v) is 11.5. The number of nitrogens with zero attached hydrogens (tertiary/aromatic N) is 1. The first-order chi connectivity index (χ1) is 8.37. The van der Waals surface area contributed by atoms with Gasteiger partial charge < -0.3 is 9.64 Å². The van der Waals surface area contributed by atoms with E-state index in [-0.39, 0.29) is 35.4 Å². The van der Waals surface area contributed by atoms with Gasteiger partial charge in [-0.15, -0.1) is 0 Å². The van der Waals surface area contributed by atoms with Gasteiger partial charge in [0.05, 0.1) is 12.0 Å². The number of carbonyl (C=O) groups excluding carboxylic acids is 2. The number of rotatable bonds is 3. The molecule has 1 aliphatic carbocycles. The third-order valence-electron chi connectivity index (χ3n) is 4.28. The number of hydrogen-bond acceptors (Lipinski definition) is 3. The number of hydrogen-bond donors (Lipinski definition) is 1. The van der Waals surface area contributed by atoms with Crippen LogP contribution in [0.25, 0.3) is 0 Å². The van der Waals surface area contributed by atoms with Crippen LogP contribution in [0.1, 0.15) is 34.1 Å². The molecule has 3 atom stereocenters. The number of imide groups is 1. The van der Waals surface area contributed by atoms with Gasteiger partial charge in [0, 0.05) is 24.6 Å². The Morgan fingerprint density at radius 1 is 1.44 bits per heavy atom. The number of amides is 3. The summed E-state index contributed by atoms with van der Waals surface area (Å²) in [6.45, 7) is 9.28. The van der Waals surface area contributed by atoms with Gasteiger partial charge in [-0.25, -0.2) is 4.79 Å². The molecule has 2 rings (SSSR count). The van der Waals surface area contributed by atoms with E-state index in [0.29, 0.717) is 13.2 Å². The van der Waals surface area contributed by atoms with E-state index in [1.807, 2.05) is 13.8 Å². The van der Waals surface area contributed by atoms with Crippen LogP contribution in [0, 0.1) is 11.3 Å². The quantitative estimate of drug-likeness (QED) is 0.827. The molecule has 2 aliphatic rings. The summed E-state index contributed by atoms with van der Waals surface area (Å²) in [5.41, 5.74) is -0.0482. The van der Waals surface area contributed by atoms with Crippen molar-refractivity contribution in [3.05, 3.63) is 0 Å². The third kappa shape index (κ3) is 2.00. The minimum atomic E-state index is -0.258. The van der Waals surface area contributed by atoms with E-state index in [2.05, 4.69) is 19.2 Å². The van der Waals surface area contributed by atoms with Crippen molar-refractivity contribution in [2.75, 3.05) is 13.2 Å². The van der Waals surface area contributed by atoms with Crippen LogP contribution in [-0.4, -0.2) is 42.1 Å². The highest BCUT2D eigenvalue weighted by atomic mass is 16.5. The smallest absolute Gasteiger partial charge is 0.324 e. The van der Waals surface area contributed by atoms with E-state index in [4.69, 9.17) is 4.74 Å². The maximum absolute atomic E-state index is 11.9. The monoisotopic (exact) mass is 254 g/mol. The van der Waals surface area contributed by atoms with E-state index in [9.17, 15) is 9.59 Å².